The van der Waals surface area contributed by atoms with Crippen molar-refractivity contribution in [3.8, 4) is 5.82 Å². The average Bonchev–Trinajstić information content (AvgIpc) is 2.86. The van der Waals surface area contributed by atoms with Crippen LogP contribution in [0, 0.1) is 6.92 Å². The van der Waals surface area contributed by atoms with E-state index in [2.05, 4.69) is 34.1 Å². The summed E-state index contributed by atoms with van der Waals surface area (Å²) in [5.41, 5.74) is 1.05. The van der Waals surface area contributed by atoms with E-state index < -0.39 is 0 Å². The summed E-state index contributed by atoms with van der Waals surface area (Å²) < 4.78 is 2.02. The fourth-order valence-electron chi connectivity index (χ4n) is 1.79. The highest BCUT2D eigenvalue weighted by molar-refractivity contribution is 5.38. The first-order valence-electron chi connectivity index (χ1n) is 6.36. The molecule has 2 aromatic rings. The molecular formula is C13H19N5. The van der Waals surface area contributed by atoms with Gasteiger partial charge in [0.15, 0.2) is 0 Å². The SMILES string of the molecule is CCCNc1ncc(C)c(-n2ccnc2CC)n1. The van der Waals surface area contributed by atoms with Crippen molar-refractivity contribution < 1.29 is 0 Å². The second-order valence-corrected chi connectivity index (χ2v) is 4.19. The third-order valence-corrected chi connectivity index (χ3v) is 2.74. The molecule has 5 heteroatoms. The van der Waals surface area contributed by atoms with E-state index in [1.54, 1.807) is 6.20 Å². The lowest BCUT2D eigenvalue weighted by Gasteiger charge is -2.10. The van der Waals surface area contributed by atoms with E-state index in [9.17, 15) is 0 Å². The first-order valence-corrected chi connectivity index (χ1v) is 6.36. The molecule has 0 amide bonds. The molecule has 0 spiro atoms. The Balaban J connectivity index is 2.37. The highest BCUT2D eigenvalue weighted by atomic mass is 15.2. The van der Waals surface area contributed by atoms with Crippen LogP contribution in [0.2, 0.25) is 0 Å². The Hall–Kier alpha value is -1.91. The van der Waals surface area contributed by atoms with Crippen LogP contribution in [-0.2, 0) is 6.42 Å². The first-order chi connectivity index (χ1) is 8.76. The topological polar surface area (TPSA) is 55.6 Å². The zero-order valence-corrected chi connectivity index (χ0v) is 11.1. The van der Waals surface area contributed by atoms with E-state index in [1.165, 1.54) is 0 Å². The fraction of sp³-hybridized carbons (Fsp3) is 0.462. The molecule has 18 heavy (non-hydrogen) atoms. The van der Waals surface area contributed by atoms with Gasteiger partial charge in [0.05, 0.1) is 0 Å². The molecule has 0 fully saturated rings. The van der Waals surface area contributed by atoms with Crippen molar-refractivity contribution in [2.45, 2.75) is 33.6 Å². The molecule has 0 unspecified atom stereocenters. The van der Waals surface area contributed by atoms with E-state index in [0.717, 1.165) is 36.6 Å². The van der Waals surface area contributed by atoms with Gasteiger partial charge in [-0.15, -0.1) is 0 Å². The molecule has 0 radical (unpaired) electrons. The zero-order chi connectivity index (χ0) is 13.0. The lowest BCUT2D eigenvalue weighted by atomic mass is 10.3. The largest absolute Gasteiger partial charge is 0.354 e. The van der Waals surface area contributed by atoms with Crippen LogP contribution in [0.1, 0.15) is 31.7 Å². The second-order valence-electron chi connectivity index (χ2n) is 4.19. The van der Waals surface area contributed by atoms with E-state index in [1.807, 2.05) is 23.9 Å². The minimum Gasteiger partial charge on any atom is -0.354 e. The molecule has 0 aromatic carbocycles. The van der Waals surface area contributed by atoms with Crippen LogP contribution in [0.5, 0.6) is 0 Å². The van der Waals surface area contributed by atoms with Crippen LogP contribution in [0.4, 0.5) is 5.95 Å². The number of hydrogen-bond acceptors (Lipinski definition) is 4. The quantitative estimate of drug-likeness (QED) is 0.878. The molecule has 2 rings (SSSR count). The molecule has 0 aliphatic rings. The number of rotatable bonds is 5. The number of aromatic nitrogens is 4. The maximum atomic E-state index is 4.56. The van der Waals surface area contributed by atoms with Crippen molar-refractivity contribution in [3.05, 3.63) is 30.0 Å². The molecule has 0 bridgehead atoms. The van der Waals surface area contributed by atoms with Crippen LogP contribution in [0.25, 0.3) is 5.82 Å². The maximum Gasteiger partial charge on any atom is 0.224 e. The molecule has 5 nitrogen and oxygen atoms in total. The molecule has 96 valence electrons. The van der Waals surface area contributed by atoms with Crippen LogP contribution in [0.15, 0.2) is 18.6 Å². The number of nitrogens with one attached hydrogen (secondary N) is 1. The fourth-order valence-corrected chi connectivity index (χ4v) is 1.79. The van der Waals surface area contributed by atoms with Gasteiger partial charge in [0.1, 0.15) is 11.6 Å². The maximum absolute atomic E-state index is 4.56. The Bertz CT molecular complexity index is 518. The number of anilines is 1. The van der Waals surface area contributed by atoms with Gasteiger partial charge in [0.2, 0.25) is 5.95 Å². The third-order valence-electron chi connectivity index (χ3n) is 2.74. The Morgan fingerprint density at radius 2 is 2.11 bits per heavy atom. The van der Waals surface area contributed by atoms with Gasteiger partial charge in [-0.05, 0) is 13.3 Å². The molecule has 0 atom stereocenters. The van der Waals surface area contributed by atoms with Crippen molar-refractivity contribution in [1.29, 1.82) is 0 Å². The van der Waals surface area contributed by atoms with Crippen molar-refractivity contribution >= 4 is 5.95 Å². The summed E-state index contributed by atoms with van der Waals surface area (Å²) in [6.07, 6.45) is 7.53. The summed E-state index contributed by atoms with van der Waals surface area (Å²) in [4.78, 5) is 13.2. The molecular weight excluding hydrogens is 226 g/mol. The Kier molecular flexibility index (Phi) is 3.92. The number of aryl methyl sites for hydroxylation is 2. The predicted molar refractivity (Wildman–Crippen MR) is 72.0 cm³/mol. The monoisotopic (exact) mass is 245 g/mol. The van der Waals surface area contributed by atoms with Gasteiger partial charge in [-0.25, -0.2) is 9.97 Å². The van der Waals surface area contributed by atoms with Gasteiger partial charge >= 0.3 is 0 Å². The highest BCUT2D eigenvalue weighted by Crippen LogP contribution is 2.14. The lowest BCUT2D eigenvalue weighted by Crippen LogP contribution is -2.09. The molecule has 2 aromatic heterocycles. The van der Waals surface area contributed by atoms with E-state index in [4.69, 9.17) is 0 Å². The van der Waals surface area contributed by atoms with Gasteiger partial charge in [0.25, 0.3) is 0 Å². The Labute approximate surface area is 107 Å². The van der Waals surface area contributed by atoms with Crippen LogP contribution < -0.4 is 5.32 Å². The summed E-state index contributed by atoms with van der Waals surface area (Å²) in [5.74, 6) is 2.59. The van der Waals surface area contributed by atoms with Crippen LogP contribution >= 0.6 is 0 Å². The predicted octanol–water partition coefficient (Wildman–Crippen LogP) is 2.36. The second kappa shape index (κ2) is 5.62. The summed E-state index contributed by atoms with van der Waals surface area (Å²) in [7, 11) is 0. The molecule has 0 saturated carbocycles. The molecule has 0 aliphatic carbocycles. The molecule has 0 aliphatic heterocycles. The van der Waals surface area contributed by atoms with Gasteiger partial charge in [-0.1, -0.05) is 13.8 Å². The number of nitrogens with zero attached hydrogens (tertiary/aromatic N) is 4. The molecule has 0 saturated heterocycles. The zero-order valence-electron chi connectivity index (χ0n) is 11.1. The summed E-state index contributed by atoms with van der Waals surface area (Å²) in [6, 6.07) is 0. The van der Waals surface area contributed by atoms with Crippen LogP contribution in [0.3, 0.4) is 0 Å². The van der Waals surface area contributed by atoms with E-state index in [-0.39, 0.29) is 0 Å². The average molecular weight is 245 g/mol. The highest BCUT2D eigenvalue weighted by Gasteiger charge is 2.09. The lowest BCUT2D eigenvalue weighted by molar-refractivity contribution is 0.849. The standard InChI is InChI=1S/C13H19N5/c1-4-6-15-13-16-9-10(3)12(17-13)18-8-7-14-11(18)5-2/h7-9H,4-6H2,1-3H3,(H,15,16,17). The minimum absolute atomic E-state index is 0.674. The Morgan fingerprint density at radius 3 is 2.83 bits per heavy atom. The third kappa shape index (κ3) is 2.50. The smallest absolute Gasteiger partial charge is 0.224 e. The summed E-state index contributed by atoms with van der Waals surface area (Å²) >= 11 is 0. The van der Waals surface area contributed by atoms with Gasteiger partial charge < -0.3 is 5.32 Å². The van der Waals surface area contributed by atoms with Crippen LogP contribution in [-0.4, -0.2) is 26.1 Å². The van der Waals surface area contributed by atoms with Gasteiger partial charge in [-0.2, -0.15) is 4.98 Å². The van der Waals surface area contributed by atoms with Gasteiger partial charge in [0, 0.05) is 37.1 Å². The Morgan fingerprint density at radius 1 is 1.28 bits per heavy atom. The van der Waals surface area contributed by atoms with E-state index in [0.29, 0.717) is 5.95 Å². The summed E-state index contributed by atoms with van der Waals surface area (Å²) in [5, 5.41) is 3.21. The van der Waals surface area contributed by atoms with Crippen molar-refractivity contribution in [2.75, 3.05) is 11.9 Å². The normalized spacial score (nSPS) is 10.6. The molecule has 1 N–H and O–H groups in total. The van der Waals surface area contributed by atoms with Gasteiger partial charge in [-0.3, -0.25) is 4.57 Å². The first kappa shape index (κ1) is 12.5. The van der Waals surface area contributed by atoms with Crippen molar-refractivity contribution in [3.63, 3.8) is 0 Å². The summed E-state index contributed by atoms with van der Waals surface area (Å²) in [6.45, 7) is 7.10. The van der Waals surface area contributed by atoms with Crippen molar-refractivity contribution in [2.24, 2.45) is 0 Å². The molecule has 2 heterocycles. The van der Waals surface area contributed by atoms with Crippen molar-refractivity contribution in [1.82, 2.24) is 19.5 Å². The number of hydrogen-bond donors (Lipinski definition) is 1. The minimum atomic E-state index is 0.674. The number of imidazole rings is 1. The van der Waals surface area contributed by atoms with E-state index >= 15 is 0 Å².